The first-order valence-corrected chi connectivity index (χ1v) is 10.5. The van der Waals surface area contributed by atoms with Crippen molar-refractivity contribution in [3.63, 3.8) is 0 Å². The van der Waals surface area contributed by atoms with Gasteiger partial charge in [-0.15, -0.1) is 0 Å². The minimum atomic E-state index is -4.66. The number of amides is 1. The summed E-state index contributed by atoms with van der Waals surface area (Å²) in [6.45, 7) is 1.05. The van der Waals surface area contributed by atoms with Gasteiger partial charge in [-0.05, 0) is 37.1 Å². The van der Waals surface area contributed by atoms with Gasteiger partial charge in [0.2, 0.25) is 5.91 Å². The van der Waals surface area contributed by atoms with Crippen LogP contribution in [0.5, 0.6) is 11.5 Å². The van der Waals surface area contributed by atoms with Crippen molar-refractivity contribution < 1.29 is 32.2 Å². The monoisotopic (exact) mass is 457 g/mol. The maximum absolute atomic E-state index is 13.4. The largest absolute Gasteiger partial charge is 0.493 e. The van der Waals surface area contributed by atoms with Crippen LogP contribution in [-0.4, -0.2) is 55.1 Å². The third-order valence-corrected chi connectivity index (χ3v) is 5.41. The molecule has 0 saturated carbocycles. The van der Waals surface area contributed by atoms with Crippen LogP contribution in [0.25, 0.3) is 11.3 Å². The quantitative estimate of drug-likeness (QED) is 0.479. The van der Waals surface area contributed by atoms with E-state index in [1.165, 1.54) is 20.3 Å². The lowest BCUT2D eigenvalue weighted by Gasteiger charge is -2.13. The molecule has 1 N–H and O–H groups in total. The Bertz CT molecular complexity index is 921. The predicted octanol–water partition coefficient (Wildman–Crippen LogP) is 3.57. The summed E-state index contributed by atoms with van der Waals surface area (Å²) in [5.41, 5.74) is -0.629. The average Bonchev–Trinajstić information content (AvgIpc) is 3.28. The van der Waals surface area contributed by atoms with E-state index >= 15 is 0 Å². The molecule has 3 rings (SSSR count). The first kappa shape index (κ1) is 23.1. The number of alkyl halides is 3. The second kappa shape index (κ2) is 10.2. The summed E-state index contributed by atoms with van der Waals surface area (Å²) < 4.78 is 56.0. The zero-order chi connectivity index (χ0) is 22.4. The molecule has 1 atom stereocenters. The van der Waals surface area contributed by atoms with Crippen molar-refractivity contribution >= 4 is 17.7 Å². The smallest absolute Gasteiger partial charge is 0.433 e. The number of rotatable bonds is 8. The van der Waals surface area contributed by atoms with E-state index in [4.69, 9.17) is 14.2 Å². The Hall–Kier alpha value is -2.53. The van der Waals surface area contributed by atoms with Gasteiger partial charge in [-0.25, -0.2) is 9.97 Å². The van der Waals surface area contributed by atoms with E-state index in [9.17, 15) is 18.0 Å². The molecule has 0 spiro atoms. The van der Waals surface area contributed by atoms with E-state index in [-0.39, 0.29) is 28.6 Å². The minimum absolute atomic E-state index is 0.0181. The first-order valence-electron chi connectivity index (χ1n) is 9.50. The molecule has 31 heavy (non-hydrogen) atoms. The standard InChI is InChI=1S/C20H22F3N3O4S/c1-28-15-6-5-12(8-16(15)29-2)14-9-17(20(21,22)23)26-19(25-14)31-11-18(27)24-10-13-4-3-7-30-13/h5-6,8-9,13H,3-4,7,10-11H2,1-2H3,(H,24,27)/t13-/m1/s1. The molecule has 1 aliphatic rings. The van der Waals surface area contributed by atoms with Crippen molar-refractivity contribution in [2.45, 2.75) is 30.3 Å². The van der Waals surface area contributed by atoms with Gasteiger partial charge in [0.05, 0.1) is 31.8 Å². The van der Waals surface area contributed by atoms with Gasteiger partial charge < -0.3 is 19.5 Å². The second-order valence-corrected chi connectivity index (χ2v) is 7.66. The first-order chi connectivity index (χ1) is 14.8. The highest BCUT2D eigenvalue weighted by Gasteiger charge is 2.34. The Labute approximate surface area is 181 Å². The average molecular weight is 457 g/mol. The number of carbonyl (C=O) groups excluding carboxylic acids is 1. The lowest BCUT2D eigenvalue weighted by Crippen LogP contribution is -2.32. The molecule has 0 radical (unpaired) electrons. The van der Waals surface area contributed by atoms with Crippen LogP contribution >= 0.6 is 11.8 Å². The topological polar surface area (TPSA) is 82.6 Å². The van der Waals surface area contributed by atoms with Crippen LogP contribution in [0.3, 0.4) is 0 Å². The molecule has 2 heterocycles. The molecule has 1 aliphatic heterocycles. The summed E-state index contributed by atoms with van der Waals surface area (Å²) in [6, 6.07) is 5.55. The zero-order valence-electron chi connectivity index (χ0n) is 17.0. The summed E-state index contributed by atoms with van der Waals surface area (Å²) in [6.07, 6.45) is -2.85. The molecule has 1 saturated heterocycles. The van der Waals surface area contributed by atoms with Crippen LogP contribution < -0.4 is 14.8 Å². The molecule has 1 amide bonds. The Morgan fingerprint density at radius 3 is 2.65 bits per heavy atom. The van der Waals surface area contributed by atoms with Crippen molar-refractivity contribution in [2.75, 3.05) is 33.1 Å². The van der Waals surface area contributed by atoms with Gasteiger partial charge in [0.25, 0.3) is 0 Å². The molecule has 0 aliphatic carbocycles. The van der Waals surface area contributed by atoms with Crippen molar-refractivity contribution in [1.29, 1.82) is 0 Å². The highest BCUT2D eigenvalue weighted by Crippen LogP contribution is 2.35. The van der Waals surface area contributed by atoms with Gasteiger partial charge in [-0.3, -0.25) is 4.79 Å². The van der Waals surface area contributed by atoms with E-state index in [1.807, 2.05) is 0 Å². The molecule has 1 aromatic heterocycles. The van der Waals surface area contributed by atoms with Crippen LogP contribution in [0, 0.1) is 0 Å². The van der Waals surface area contributed by atoms with Crippen molar-refractivity contribution in [2.24, 2.45) is 0 Å². The molecule has 1 aromatic carbocycles. The van der Waals surface area contributed by atoms with Crippen LogP contribution in [0.2, 0.25) is 0 Å². The fourth-order valence-corrected chi connectivity index (χ4v) is 3.68. The summed E-state index contributed by atoms with van der Waals surface area (Å²) >= 11 is 0.837. The lowest BCUT2D eigenvalue weighted by atomic mass is 10.1. The number of hydrogen-bond donors (Lipinski definition) is 1. The number of nitrogens with one attached hydrogen (secondary N) is 1. The van der Waals surface area contributed by atoms with Crippen LogP contribution in [0.4, 0.5) is 13.2 Å². The van der Waals surface area contributed by atoms with Gasteiger partial charge in [0.15, 0.2) is 16.7 Å². The van der Waals surface area contributed by atoms with E-state index in [1.54, 1.807) is 12.1 Å². The van der Waals surface area contributed by atoms with Crippen LogP contribution in [0.15, 0.2) is 29.4 Å². The third-order valence-electron chi connectivity index (χ3n) is 4.56. The normalized spacial score (nSPS) is 16.2. The molecule has 0 unspecified atom stereocenters. The second-order valence-electron chi connectivity index (χ2n) is 6.72. The highest BCUT2D eigenvalue weighted by atomic mass is 32.2. The summed E-state index contributed by atoms with van der Waals surface area (Å²) in [5, 5.41) is 2.57. The van der Waals surface area contributed by atoms with Crippen molar-refractivity contribution in [1.82, 2.24) is 15.3 Å². The number of hydrogen-bond acceptors (Lipinski definition) is 7. The molecule has 11 heteroatoms. The molecule has 1 fully saturated rings. The Morgan fingerprint density at radius 2 is 2.00 bits per heavy atom. The maximum atomic E-state index is 13.4. The minimum Gasteiger partial charge on any atom is -0.493 e. The molecular formula is C20H22F3N3O4S. The number of carbonyl (C=O) groups is 1. The van der Waals surface area contributed by atoms with Gasteiger partial charge >= 0.3 is 6.18 Å². The van der Waals surface area contributed by atoms with Crippen molar-refractivity contribution in [3.8, 4) is 22.8 Å². The van der Waals surface area contributed by atoms with E-state index in [2.05, 4.69) is 15.3 Å². The zero-order valence-corrected chi connectivity index (χ0v) is 17.8. The lowest BCUT2D eigenvalue weighted by molar-refractivity contribution is -0.141. The molecule has 0 bridgehead atoms. The summed E-state index contributed by atoms with van der Waals surface area (Å²) in [4.78, 5) is 19.9. The van der Waals surface area contributed by atoms with Crippen molar-refractivity contribution in [3.05, 3.63) is 30.0 Å². The number of methoxy groups -OCH3 is 2. The number of thioether (sulfide) groups is 1. The van der Waals surface area contributed by atoms with Crippen LogP contribution in [-0.2, 0) is 15.7 Å². The van der Waals surface area contributed by atoms with Gasteiger partial charge in [0.1, 0.15) is 5.69 Å². The fraction of sp³-hybridized carbons (Fsp3) is 0.450. The summed E-state index contributed by atoms with van der Waals surface area (Å²) in [5.74, 6) is 0.359. The SMILES string of the molecule is COc1ccc(-c2cc(C(F)(F)F)nc(SCC(=O)NC[C@H]3CCCO3)n2)cc1OC. The van der Waals surface area contributed by atoms with E-state index < -0.39 is 11.9 Å². The Morgan fingerprint density at radius 1 is 1.23 bits per heavy atom. The van der Waals surface area contributed by atoms with Crippen LogP contribution in [0.1, 0.15) is 18.5 Å². The number of halogens is 3. The highest BCUT2D eigenvalue weighted by molar-refractivity contribution is 7.99. The molecular weight excluding hydrogens is 435 g/mol. The van der Waals surface area contributed by atoms with Gasteiger partial charge in [0, 0.05) is 18.7 Å². The predicted molar refractivity (Wildman–Crippen MR) is 108 cm³/mol. The van der Waals surface area contributed by atoms with E-state index in [0.29, 0.717) is 30.2 Å². The number of aromatic nitrogens is 2. The van der Waals surface area contributed by atoms with E-state index in [0.717, 1.165) is 30.7 Å². The maximum Gasteiger partial charge on any atom is 0.433 e. The third kappa shape index (κ3) is 6.23. The summed E-state index contributed by atoms with van der Waals surface area (Å²) in [7, 11) is 2.89. The number of ether oxygens (including phenoxy) is 3. The number of nitrogens with zero attached hydrogens (tertiary/aromatic N) is 2. The molecule has 7 nitrogen and oxygen atoms in total. The van der Waals surface area contributed by atoms with Gasteiger partial charge in [-0.1, -0.05) is 11.8 Å². The Balaban J connectivity index is 1.78. The molecule has 2 aromatic rings. The number of benzene rings is 1. The fourth-order valence-electron chi connectivity index (χ4n) is 2.99. The molecule has 168 valence electrons. The Kier molecular flexibility index (Phi) is 7.60. The van der Waals surface area contributed by atoms with Gasteiger partial charge in [-0.2, -0.15) is 13.2 Å².